The molecule has 2 rings (SSSR count). The highest BCUT2D eigenvalue weighted by molar-refractivity contribution is 6.07. The van der Waals surface area contributed by atoms with E-state index >= 15 is 0 Å². The molecule has 0 fully saturated rings. The normalized spacial score (nSPS) is 10.2. The van der Waals surface area contributed by atoms with E-state index in [9.17, 15) is 9.59 Å². The fourth-order valence-electron chi connectivity index (χ4n) is 1.94. The van der Waals surface area contributed by atoms with Gasteiger partial charge in [0, 0.05) is 12.0 Å². The van der Waals surface area contributed by atoms with Gasteiger partial charge in [-0.2, -0.15) is 0 Å². The van der Waals surface area contributed by atoms with Gasteiger partial charge in [0.2, 0.25) is 0 Å². The van der Waals surface area contributed by atoms with E-state index in [0.29, 0.717) is 18.4 Å². The molecule has 0 saturated carbocycles. The number of aromatic hydroxyl groups is 1. The van der Waals surface area contributed by atoms with Gasteiger partial charge in [-0.25, -0.2) is 0 Å². The molecule has 102 valence electrons. The molecule has 0 atom stereocenters. The van der Waals surface area contributed by atoms with Crippen molar-refractivity contribution in [2.45, 2.75) is 19.3 Å². The lowest BCUT2D eigenvalue weighted by molar-refractivity contribution is -0.118. The second kappa shape index (κ2) is 6.66. The number of ketones is 2. The van der Waals surface area contributed by atoms with E-state index in [4.69, 9.17) is 5.11 Å². The van der Waals surface area contributed by atoms with Crippen LogP contribution in [-0.4, -0.2) is 16.7 Å². The van der Waals surface area contributed by atoms with Crippen LogP contribution in [0.25, 0.3) is 0 Å². The van der Waals surface area contributed by atoms with Crippen LogP contribution in [0.5, 0.6) is 5.75 Å². The van der Waals surface area contributed by atoms with Crippen LogP contribution in [0.15, 0.2) is 54.6 Å². The number of carbonyl (C=O) groups is 2. The summed E-state index contributed by atoms with van der Waals surface area (Å²) in [6.07, 6.45) is 0.868. The van der Waals surface area contributed by atoms with Gasteiger partial charge in [-0.3, -0.25) is 9.59 Å². The first-order chi connectivity index (χ1) is 9.65. The average molecular weight is 268 g/mol. The summed E-state index contributed by atoms with van der Waals surface area (Å²) >= 11 is 0. The molecule has 0 aliphatic heterocycles. The Kier molecular flexibility index (Phi) is 4.66. The van der Waals surface area contributed by atoms with Crippen LogP contribution in [0.1, 0.15) is 28.8 Å². The van der Waals surface area contributed by atoms with Crippen molar-refractivity contribution in [2.24, 2.45) is 0 Å². The maximum atomic E-state index is 11.9. The quantitative estimate of drug-likeness (QED) is 0.646. The SMILES string of the molecule is O=C(CCc1ccc(O)cc1)CC(=O)c1ccccc1. The van der Waals surface area contributed by atoms with Crippen molar-refractivity contribution in [2.75, 3.05) is 0 Å². The molecule has 2 aromatic rings. The van der Waals surface area contributed by atoms with Crippen molar-refractivity contribution in [3.63, 3.8) is 0 Å². The molecule has 0 aliphatic rings. The number of rotatable bonds is 6. The molecule has 0 unspecified atom stereocenters. The standard InChI is InChI=1S/C17H16O3/c18-15-9-6-13(7-10-15)8-11-16(19)12-17(20)14-4-2-1-3-5-14/h1-7,9-10,18H,8,11-12H2. The van der Waals surface area contributed by atoms with Crippen molar-refractivity contribution >= 4 is 11.6 Å². The lowest BCUT2D eigenvalue weighted by Gasteiger charge is -2.02. The first-order valence-corrected chi connectivity index (χ1v) is 6.53. The van der Waals surface area contributed by atoms with Gasteiger partial charge in [0.15, 0.2) is 5.78 Å². The molecule has 0 amide bonds. The molecule has 3 nitrogen and oxygen atoms in total. The van der Waals surface area contributed by atoms with Crippen LogP contribution in [0.4, 0.5) is 0 Å². The van der Waals surface area contributed by atoms with Gasteiger partial charge >= 0.3 is 0 Å². The third-order valence-electron chi connectivity index (χ3n) is 3.08. The Hall–Kier alpha value is -2.42. The minimum absolute atomic E-state index is 0.0535. The van der Waals surface area contributed by atoms with E-state index in [0.717, 1.165) is 5.56 Å². The summed E-state index contributed by atoms with van der Waals surface area (Å²) in [5, 5.41) is 9.17. The first kappa shape index (κ1) is 14.0. The zero-order chi connectivity index (χ0) is 14.4. The van der Waals surface area contributed by atoms with E-state index in [1.165, 1.54) is 0 Å². The van der Waals surface area contributed by atoms with Crippen molar-refractivity contribution in [1.29, 1.82) is 0 Å². The summed E-state index contributed by atoms with van der Waals surface area (Å²) in [6, 6.07) is 15.6. The summed E-state index contributed by atoms with van der Waals surface area (Å²) in [4.78, 5) is 23.7. The van der Waals surface area contributed by atoms with Crippen molar-refractivity contribution in [3.05, 3.63) is 65.7 Å². The van der Waals surface area contributed by atoms with Crippen LogP contribution in [-0.2, 0) is 11.2 Å². The predicted molar refractivity (Wildman–Crippen MR) is 76.8 cm³/mol. The van der Waals surface area contributed by atoms with Gasteiger partial charge in [0.1, 0.15) is 11.5 Å². The van der Waals surface area contributed by atoms with Crippen molar-refractivity contribution in [3.8, 4) is 5.75 Å². The second-order valence-corrected chi connectivity index (χ2v) is 4.67. The number of phenolic OH excluding ortho intramolecular Hbond substituents is 1. The molecule has 0 saturated heterocycles. The molecular weight excluding hydrogens is 252 g/mol. The number of hydrogen-bond donors (Lipinski definition) is 1. The van der Waals surface area contributed by atoms with Gasteiger partial charge in [-0.15, -0.1) is 0 Å². The largest absolute Gasteiger partial charge is 0.508 e. The zero-order valence-electron chi connectivity index (χ0n) is 11.1. The number of phenols is 1. The monoisotopic (exact) mass is 268 g/mol. The molecule has 0 radical (unpaired) electrons. The number of carbonyl (C=O) groups excluding carboxylic acids is 2. The highest BCUT2D eigenvalue weighted by Crippen LogP contribution is 2.12. The summed E-state index contributed by atoms with van der Waals surface area (Å²) in [5.74, 6) is 0.00701. The fraction of sp³-hybridized carbons (Fsp3) is 0.176. The number of aryl methyl sites for hydroxylation is 1. The highest BCUT2D eigenvalue weighted by atomic mass is 16.3. The second-order valence-electron chi connectivity index (χ2n) is 4.67. The smallest absolute Gasteiger partial charge is 0.170 e. The summed E-state index contributed by atoms with van der Waals surface area (Å²) < 4.78 is 0. The Morgan fingerprint density at radius 2 is 1.55 bits per heavy atom. The Balaban J connectivity index is 1.84. The molecule has 0 heterocycles. The molecule has 2 aromatic carbocycles. The van der Waals surface area contributed by atoms with Crippen LogP contribution < -0.4 is 0 Å². The minimum atomic E-state index is -0.138. The van der Waals surface area contributed by atoms with Crippen LogP contribution in [0.3, 0.4) is 0 Å². The van der Waals surface area contributed by atoms with Crippen LogP contribution >= 0.6 is 0 Å². The Morgan fingerprint density at radius 3 is 2.20 bits per heavy atom. The van der Waals surface area contributed by atoms with E-state index < -0.39 is 0 Å². The molecule has 0 spiro atoms. The average Bonchev–Trinajstić information content (AvgIpc) is 2.47. The molecule has 0 aromatic heterocycles. The number of benzene rings is 2. The third-order valence-corrected chi connectivity index (χ3v) is 3.08. The topological polar surface area (TPSA) is 54.4 Å². The molecule has 1 N–H and O–H groups in total. The van der Waals surface area contributed by atoms with E-state index in [1.54, 1.807) is 48.5 Å². The Bertz CT molecular complexity index is 585. The summed E-state index contributed by atoms with van der Waals surface area (Å²) in [6.45, 7) is 0. The minimum Gasteiger partial charge on any atom is -0.508 e. The third kappa shape index (κ3) is 4.05. The summed E-state index contributed by atoms with van der Waals surface area (Å²) in [5.41, 5.74) is 1.55. The molecule has 20 heavy (non-hydrogen) atoms. The molecule has 3 heteroatoms. The molecular formula is C17H16O3. The van der Waals surface area contributed by atoms with Crippen LogP contribution in [0, 0.1) is 0 Å². The Morgan fingerprint density at radius 1 is 0.900 bits per heavy atom. The van der Waals surface area contributed by atoms with Crippen molar-refractivity contribution in [1.82, 2.24) is 0 Å². The Labute approximate surface area is 117 Å². The predicted octanol–water partition coefficient (Wildman–Crippen LogP) is 3.17. The lowest BCUT2D eigenvalue weighted by Crippen LogP contribution is -2.08. The first-order valence-electron chi connectivity index (χ1n) is 6.53. The number of Topliss-reactive ketones (excluding diaryl/α,β-unsaturated/α-hetero) is 2. The van der Waals surface area contributed by atoms with E-state index in [-0.39, 0.29) is 23.7 Å². The van der Waals surface area contributed by atoms with Gasteiger partial charge in [0.25, 0.3) is 0 Å². The number of hydrogen-bond acceptors (Lipinski definition) is 3. The van der Waals surface area contributed by atoms with E-state index in [1.807, 2.05) is 6.07 Å². The van der Waals surface area contributed by atoms with Gasteiger partial charge in [-0.1, -0.05) is 42.5 Å². The van der Waals surface area contributed by atoms with Gasteiger partial charge < -0.3 is 5.11 Å². The maximum absolute atomic E-state index is 11.9. The molecule has 0 aliphatic carbocycles. The van der Waals surface area contributed by atoms with Crippen molar-refractivity contribution < 1.29 is 14.7 Å². The van der Waals surface area contributed by atoms with Gasteiger partial charge in [-0.05, 0) is 24.1 Å². The van der Waals surface area contributed by atoms with Crippen LogP contribution in [0.2, 0.25) is 0 Å². The fourth-order valence-corrected chi connectivity index (χ4v) is 1.94. The van der Waals surface area contributed by atoms with E-state index in [2.05, 4.69) is 0 Å². The maximum Gasteiger partial charge on any atom is 0.170 e. The molecule has 0 bridgehead atoms. The highest BCUT2D eigenvalue weighted by Gasteiger charge is 2.11. The zero-order valence-corrected chi connectivity index (χ0v) is 11.1. The summed E-state index contributed by atoms with van der Waals surface area (Å²) in [7, 11) is 0. The lowest BCUT2D eigenvalue weighted by atomic mass is 10.0. The van der Waals surface area contributed by atoms with Gasteiger partial charge in [0.05, 0.1) is 6.42 Å².